The Morgan fingerprint density at radius 3 is 2.86 bits per heavy atom. The highest BCUT2D eigenvalue weighted by atomic mass is 19.1. The minimum Gasteiger partial charge on any atom is -0.462 e. The third-order valence-corrected chi connectivity index (χ3v) is 5.41. The molecule has 0 radical (unpaired) electrons. The van der Waals surface area contributed by atoms with Gasteiger partial charge in [0.1, 0.15) is 23.0 Å². The Labute approximate surface area is 167 Å². The highest BCUT2D eigenvalue weighted by Gasteiger charge is 2.42. The molecule has 3 heterocycles. The predicted octanol–water partition coefficient (Wildman–Crippen LogP) is 4.30. The zero-order valence-electron chi connectivity index (χ0n) is 16.5. The summed E-state index contributed by atoms with van der Waals surface area (Å²) in [6.07, 6.45) is 4.56. The van der Waals surface area contributed by atoms with E-state index < -0.39 is 17.6 Å². The van der Waals surface area contributed by atoms with Gasteiger partial charge in [0.25, 0.3) is 0 Å². The number of anilines is 1. The van der Waals surface area contributed by atoms with Crippen LogP contribution in [0.15, 0.2) is 36.7 Å². The first kappa shape index (κ1) is 19.3. The highest BCUT2D eigenvalue weighted by molar-refractivity contribution is 5.95. The number of halogens is 2. The van der Waals surface area contributed by atoms with Gasteiger partial charge in [-0.25, -0.2) is 23.1 Å². The molecule has 2 aromatic heterocycles. The maximum absolute atomic E-state index is 14.5. The normalized spacial score (nSPS) is 18.4. The van der Waals surface area contributed by atoms with Crippen LogP contribution < -0.4 is 4.90 Å². The molecule has 0 bridgehead atoms. The van der Waals surface area contributed by atoms with Crippen molar-refractivity contribution in [1.82, 2.24) is 14.6 Å². The molecular formula is C21H22F2N4O2. The average Bonchev–Trinajstić information content (AvgIpc) is 3.23. The smallest absolute Gasteiger partial charge is 0.343 e. The number of carbonyl (C=O) groups is 1. The summed E-state index contributed by atoms with van der Waals surface area (Å²) >= 11 is 0. The number of hydrogen-bond donors (Lipinski definition) is 0. The molecule has 1 unspecified atom stereocenters. The third kappa shape index (κ3) is 3.32. The van der Waals surface area contributed by atoms with Crippen molar-refractivity contribution in [2.24, 2.45) is 0 Å². The van der Waals surface area contributed by atoms with E-state index in [1.165, 1.54) is 16.8 Å². The molecule has 6 nitrogen and oxygen atoms in total. The van der Waals surface area contributed by atoms with Crippen LogP contribution in [-0.4, -0.2) is 32.7 Å². The molecule has 3 aromatic rings. The first-order valence-electron chi connectivity index (χ1n) is 9.57. The van der Waals surface area contributed by atoms with Crippen LogP contribution in [-0.2, 0) is 4.74 Å². The number of benzene rings is 1. The Hall–Kier alpha value is -3.03. The van der Waals surface area contributed by atoms with E-state index in [1.807, 2.05) is 18.7 Å². The van der Waals surface area contributed by atoms with E-state index in [4.69, 9.17) is 4.74 Å². The molecular weight excluding hydrogens is 378 g/mol. The van der Waals surface area contributed by atoms with E-state index in [2.05, 4.69) is 10.1 Å². The summed E-state index contributed by atoms with van der Waals surface area (Å²) in [7, 11) is 0. The molecule has 1 aliphatic heterocycles. The van der Waals surface area contributed by atoms with E-state index >= 15 is 0 Å². The number of rotatable bonds is 4. The lowest BCUT2D eigenvalue weighted by Gasteiger charge is -2.37. The number of esters is 1. The number of carbonyl (C=O) groups excluding carboxylic acids is 1. The zero-order valence-corrected chi connectivity index (χ0v) is 16.5. The van der Waals surface area contributed by atoms with Crippen molar-refractivity contribution < 1.29 is 18.3 Å². The van der Waals surface area contributed by atoms with Crippen LogP contribution in [0.2, 0.25) is 0 Å². The molecule has 0 spiro atoms. The van der Waals surface area contributed by atoms with Crippen LogP contribution in [0.5, 0.6) is 0 Å². The second kappa shape index (κ2) is 7.09. The number of nitrogens with zero attached hydrogens (tertiary/aromatic N) is 4. The fraction of sp³-hybridized carbons (Fsp3) is 0.381. The number of hydrogen-bond acceptors (Lipinski definition) is 5. The number of aromatic nitrogens is 3. The lowest BCUT2D eigenvalue weighted by atomic mass is 10.0. The molecule has 4 rings (SSSR count). The standard InChI is InChI=1S/C21H22F2N4O2/c1-4-29-20(28)15-12-24-26-10-8-18(25-19(15)26)27-17(7-9-21(27,2)3)14-11-13(22)5-6-16(14)23/h5-6,8,10-12,17H,4,7,9H2,1-3H3. The van der Waals surface area contributed by atoms with Crippen molar-refractivity contribution in [2.45, 2.75) is 45.2 Å². The largest absolute Gasteiger partial charge is 0.462 e. The monoisotopic (exact) mass is 400 g/mol. The van der Waals surface area contributed by atoms with Gasteiger partial charge in [0, 0.05) is 17.3 Å². The van der Waals surface area contributed by atoms with Gasteiger partial charge in [0.2, 0.25) is 0 Å². The maximum Gasteiger partial charge on any atom is 0.343 e. The quantitative estimate of drug-likeness (QED) is 0.611. The van der Waals surface area contributed by atoms with Gasteiger partial charge in [-0.05, 0) is 57.9 Å². The summed E-state index contributed by atoms with van der Waals surface area (Å²) in [6.45, 7) is 6.06. The maximum atomic E-state index is 14.5. The summed E-state index contributed by atoms with van der Waals surface area (Å²) in [5, 5.41) is 4.15. The van der Waals surface area contributed by atoms with Gasteiger partial charge >= 0.3 is 5.97 Å². The predicted molar refractivity (Wildman–Crippen MR) is 104 cm³/mol. The molecule has 1 atom stereocenters. The zero-order chi connectivity index (χ0) is 20.8. The molecule has 8 heteroatoms. The lowest BCUT2D eigenvalue weighted by molar-refractivity contribution is 0.0528. The Bertz CT molecular complexity index is 1080. The number of fused-ring (bicyclic) bond motifs is 1. The van der Waals surface area contributed by atoms with Crippen LogP contribution in [0, 0.1) is 11.6 Å². The summed E-state index contributed by atoms with van der Waals surface area (Å²) in [4.78, 5) is 18.9. The van der Waals surface area contributed by atoms with Gasteiger partial charge in [-0.1, -0.05) is 0 Å². The Morgan fingerprint density at radius 1 is 1.31 bits per heavy atom. The van der Waals surface area contributed by atoms with Crippen molar-refractivity contribution in [2.75, 3.05) is 11.5 Å². The van der Waals surface area contributed by atoms with Crippen molar-refractivity contribution in [3.05, 3.63) is 59.4 Å². The Balaban J connectivity index is 1.82. The fourth-order valence-corrected chi connectivity index (χ4v) is 4.04. The Kier molecular flexibility index (Phi) is 4.72. The topological polar surface area (TPSA) is 59.7 Å². The van der Waals surface area contributed by atoms with Gasteiger partial charge in [-0.3, -0.25) is 0 Å². The summed E-state index contributed by atoms with van der Waals surface area (Å²) in [5.74, 6) is -0.855. The molecule has 1 aliphatic rings. The SMILES string of the molecule is CCOC(=O)c1cnn2ccc(N3C(c4cc(F)ccc4F)CCC3(C)C)nc12. The molecule has 1 aromatic carbocycles. The second-order valence-electron chi connectivity index (χ2n) is 7.74. The second-order valence-corrected chi connectivity index (χ2v) is 7.74. The van der Waals surface area contributed by atoms with Crippen LogP contribution >= 0.6 is 0 Å². The van der Waals surface area contributed by atoms with Gasteiger partial charge in [0.15, 0.2) is 5.65 Å². The number of ether oxygens (including phenoxy) is 1. The molecule has 1 saturated heterocycles. The van der Waals surface area contributed by atoms with Crippen molar-refractivity contribution in [3.8, 4) is 0 Å². The van der Waals surface area contributed by atoms with Crippen LogP contribution in [0.25, 0.3) is 5.65 Å². The van der Waals surface area contributed by atoms with Gasteiger partial charge in [-0.2, -0.15) is 5.10 Å². The molecule has 1 fully saturated rings. The van der Waals surface area contributed by atoms with E-state index in [-0.39, 0.29) is 23.8 Å². The molecule has 152 valence electrons. The first-order valence-corrected chi connectivity index (χ1v) is 9.57. The molecule has 0 saturated carbocycles. The van der Waals surface area contributed by atoms with E-state index in [0.29, 0.717) is 23.4 Å². The van der Waals surface area contributed by atoms with Crippen molar-refractivity contribution in [3.63, 3.8) is 0 Å². The van der Waals surface area contributed by atoms with Crippen molar-refractivity contribution in [1.29, 1.82) is 0 Å². The van der Waals surface area contributed by atoms with Crippen LogP contribution in [0.4, 0.5) is 14.6 Å². The summed E-state index contributed by atoms with van der Waals surface area (Å²) in [6, 6.07) is 4.92. The minimum atomic E-state index is -0.499. The van der Waals surface area contributed by atoms with Crippen LogP contribution in [0.3, 0.4) is 0 Å². The lowest BCUT2D eigenvalue weighted by Crippen LogP contribution is -2.40. The minimum absolute atomic E-state index is 0.246. The summed E-state index contributed by atoms with van der Waals surface area (Å²) < 4.78 is 35.0. The average molecular weight is 400 g/mol. The third-order valence-electron chi connectivity index (χ3n) is 5.41. The fourth-order valence-electron chi connectivity index (χ4n) is 4.04. The first-order chi connectivity index (χ1) is 13.8. The Morgan fingerprint density at radius 2 is 2.10 bits per heavy atom. The molecule has 29 heavy (non-hydrogen) atoms. The van der Waals surface area contributed by atoms with Gasteiger partial charge in [-0.15, -0.1) is 0 Å². The molecule has 0 aliphatic carbocycles. The van der Waals surface area contributed by atoms with E-state index in [1.54, 1.807) is 19.2 Å². The van der Waals surface area contributed by atoms with E-state index in [0.717, 1.165) is 18.6 Å². The highest BCUT2D eigenvalue weighted by Crippen LogP contribution is 2.45. The van der Waals surface area contributed by atoms with Crippen LogP contribution in [0.1, 0.15) is 55.6 Å². The molecule has 0 N–H and O–H groups in total. The van der Waals surface area contributed by atoms with Gasteiger partial charge < -0.3 is 9.64 Å². The summed E-state index contributed by atoms with van der Waals surface area (Å²) in [5.41, 5.74) is 0.594. The van der Waals surface area contributed by atoms with Gasteiger partial charge in [0.05, 0.1) is 18.8 Å². The van der Waals surface area contributed by atoms with Crippen molar-refractivity contribution >= 4 is 17.4 Å². The molecule has 0 amide bonds. The van der Waals surface area contributed by atoms with E-state index in [9.17, 15) is 13.6 Å².